The number of unbranched alkanes of at least 4 members (excludes halogenated alkanes) is 4. The molecule has 104 valence electrons. The maximum absolute atomic E-state index is 11.5. The number of ether oxygens (including phenoxy) is 1. The zero-order valence-corrected chi connectivity index (χ0v) is 11.8. The normalized spacial score (nSPS) is 11.8. The highest BCUT2D eigenvalue weighted by Gasteiger charge is 2.06. The summed E-state index contributed by atoms with van der Waals surface area (Å²) in [4.78, 5) is 11.5. The molecule has 0 unspecified atom stereocenters. The summed E-state index contributed by atoms with van der Waals surface area (Å²) in [6.45, 7) is 10.1. The van der Waals surface area contributed by atoms with Crippen LogP contribution < -0.4 is 0 Å². The third kappa shape index (κ3) is 11.4. The van der Waals surface area contributed by atoms with Crippen molar-refractivity contribution in [1.29, 1.82) is 0 Å². The van der Waals surface area contributed by atoms with Crippen molar-refractivity contribution in [2.75, 3.05) is 6.61 Å². The van der Waals surface area contributed by atoms with E-state index in [1.807, 2.05) is 12.2 Å². The molecule has 0 radical (unpaired) electrons. The second kappa shape index (κ2) is 12.4. The predicted octanol–water partition coefficient (Wildman–Crippen LogP) is 4.66. The molecular weight excluding hydrogens is 224 g/mol. The highest BCUT2D eigenvalue weighted by molar-refractivity contribution is 5.69. The number of rotatable bonds is 12. The number of esters is 1. The smallest absolute Gasteiger partial charge is 0.305 e. The minimum absolute atomic E-state index is 0.0517. The van der Waals surface area contributed by atoms with Crippen molar-refractivity contribution in [2.45, 2.75) is 58.3 Å². The predicted molar refractivity (Wildman–Crippen MR) is 77.5 cm³/mol. The summed E-state index contributed by atoms with van der Waals surface area (Å²) >= 11 is 0. The minimum atomic E-state index is -0.0517. The molecule has 0 spiro atoms. The molecule has 0 fully saturated rings. The number of allylic oxidation sites excluding steroid dienone is 2. The lowest BCUT2D eigenvalue weighted by atomic mass is 10.1. The maximum Gasteiger partial charge on any atom is 0.305 e. The summed E-state index contributed by atoms with van der Waals surface area (Å²) < 4.78 is 5.26. The van der Waals surface area contributed by atoms with Gasteiger partial charge in [0.25, 0.3) is 0 Å². The quantitative estimate of drug-likeness (QED) is 0.287. The van der Waals surface area contributed by atoms with Gasteiger partial charge < -0.3 is 4.74 Å². The molecule has 0 saturated heterocycles. The summed E-state index contributed by atoms with van der Waals surface area (Å²) in [5.74, 6) is 0.402. The Labute approximate surface area is 112 Å². The Morgan fingerprint density at radius 2 is 1.78 bits per heavy atom. The Balaban J connectivity index is 3.39. The molecule has 0 aromatic rings. The Morgan fingerprint density at radius 1 is 1.11 bits per heavy atom. The van der Waals surface area contributed by atoms with Gasteiger partial charge in [-0.05, 0) is 44.4 Å². The second-order valence-corrected chi connectivity index (χ2v) is 4.90. The molecule has 0 rings (SSSR count). The fourth-order valence-corrected chi connectivity index (χ4v) is 1.74. The maximum atomic E-state index is 11.5. The highest BCUT2D eigenvalue weighted by atomic mass is 16.5. The molecule has 2 nitrogen and oxygen atoms in total. The van der Waals surface area contributed by atoms with E-state index >= 15 is 0 Å². The van der Waals surface area contributed by atoms with Crippen molar-refractivity contribution in [3.8, 4) is 0 Å². The van der Waals surface area contributed by atoms with E-state index in [1.54, 1.807) is 0 Å². The highest BCUT2D eigenvalue weighted by Crippen LogP contribution is 2.10. The van der Waals surface area contributed by atoms with Crippen LogP contribution in [0, 0.1) is 5.92 Å². The van der Waals surface area contributed by atoms with Crippen molar-refractivity contribution >= 4 is 5.97 Å². The zero-order valence-electron chi connectivity index (χ0n) is 11.8. The summed E-state index contributed by atoms with van der Waals surface area (Å²) in [6, 6.07) is 0. The third-order valence-electron chi connectivity index (χ3n) is 2.92. The van der Waals surface area contributed by atoms with Gasteiger partial charge in [0.15, 0.2) is 0 Å². The van der Waals surface area contributed by atoms with Crippen LogP contribution in [0.3, 0.4) is 0 Å². The fraction of sp³-hybridized carbons (Fsp3) is 0.688. The van der Waals surface area contributed by atoms with Crippen molar-refractivity contribution < 1.29 is 9.53 Å². The van der Waals surface area contributed by atoms with E-state index < -0.39 is 0 Å². The van der Waals surface area contributed by atoms with Crippen LogP contribution in [0.25, 0.3) is 0 Å². The van der Waals surface area contributed by atoms with Gasteiger partial charge in [-0.1, -0.05) is 25.5 Å². The molecule has 2 heteroatoms. The average molecular weight is 252 g/mol. The second-order valence-electron chi connectivity index (χ2n) is 4.90. The number of carbonyl (C=O) groups is 1. The molecule has 0 bridgehead atoms. The van der Waals surface area contributed by atoms with Gasteiger partial charge in [-0.25, -0.2) is 0 Å². The van der Waals surface area contributed by atoms with E-state index in [4.69, 9.17) is 4.74 Å². The molecule has 0 aromatic heterocycles. The van der Waals surface area contributed by atoms with Crippen LogP contribution >= 0.6 is 0 Å². The zero-order chi connectivity index (χ0) is 13.6. The molecule has 0 aliphatic heterocycles. The summed E-state index contributed by atoms with van der Waals surface area (Å²) in [7, 11) is 0. The van der Waals surface area contributed by atoms with E-state index in [2.05, 4.69) is 20.1 Å². The average Bonchev–Trinajstić information content (AvgIpc) is 2.36. The Kier molecular flexibility index (Phi) is 11.7. The molecule has 18 heavy (non-hydrogen) atoms. The summed E-state index contributed by atoms with van der Waals surface area (Å²) in [5.41, 5.74) is 0. The van der Waals surface area contributed by atoms with Gasteiger partial charge in [0.05, 0.1) is 6.61 Å². The van der Waals surface area contributed by atoms with Crippen LogP contribution in [0.5, 0.6) is 0 Å². The van der Waals surface area contributed by atoms with Gasteiger partial charge in [-0.3, -0.25) is 4.79 Å². The molecule has 0 saturated carbocycles. The molecule has 0 heterocycles. The first-order valence-electron chi connectivity index (χ1n) is 7.08. The van der Waals surface area contributed by atoms with E-state index in [-0.39, 0.29) is 5.97 Å². The molecule has 0 N–H and O–H groups in total. The Morgan fingerprint density at radius 3 is 2.44 bits per heavy atom. The fourth-order valence-electron chi connectivity index (χ4n) is 1.74. The van der Waals surface area contributed by atoms with Gasteiger partial charge in [0.1, 0.15) is 0 Å². The lowest BCUT2D eigenvalue weighted by molar-refractivity contribution is -0.145. The van der Waals surface area contributed by atoms with Gasteiger partial charge in [-0.15, -0.1) is 13.2 Å². The SMILES string of the molecule is C=CCCCCCC(=O)OC[C@H](C)CCCC=C. The first-order chi connectivity index (χ1) is 8.70. The standard InChI is InChI=1S/C16H28O2/c1-4-6-8-9-11-13-16(17)18-14-15(3)12-10-7-5-2/h4-5,15H,1-2,6-14H2,3H3/t15-/m1/s1. The van der Waals surface area contributed by atoms with Crippen molar-refractivity contribution in [1.82, 2.24) is 0 Å². The third-order valence-corrected chi connectivity index (χ3v) is 2.92. The van der Waals surface area contributed by atoms with Crippen molar-refractivity contribution in [3.05, 3.63) is 25.3 Å². The molecule has 0 aliphatic carbocycles. The van der Waals surface area contributed by atoms with Crippen LogP contribution in [-0.2, 0) is 9.53 Å². The molecule has 0 aliphatic rings. The van der Waals surface area contributed by atoms with E-state index in [1.165, 1.54) is 0 Å². The van der Waals surface area contributed by atoms with Gasteiger partial charge in [-0.2, -0.15) is 0 Å². The van der Waals surface area contributed by atoms with Crippen LogP contribution in [0.4, 0.5) is 0 Å². The molecule has 0 amide bonds. The summed E-state index contributed by atoms with van der Waals surface area (Å²) in [5, 5.41) is 0. The van der Waals surface area contributed by atoms with Gasteiger partial charge >= 0.3 is 5.97 Å². The Bertz CT molecular complexity index is 233. The Hall–Kier alpha value is -1.05. The number of hydrogen-bond donors (Lipinski definition) is 0. The van der Waals surface area contributed by atoms with Crippen LogP contribution in [0.2, 0.25) is 0 Å². The molecule has 0 aromatic carbocycles. The van der Waals surface area contributed by atoms with Gasteiger partial charge in [0.2, 0.25) is 0 Å². The van der Waals surface area contributed by atoms with Crippen molar-refractivity contribution in [3.63, 3.8) is 0 Å². The molecular formula is C16H28O2. The minimum Gasteiger partial charge on any atom is -0.465 e. The molecule has 1 atom stereocenters. The van der Waals surface area contributed by atoms with E-state index in [0.717, 1.165) is 44.9 Å². The summed E-state index contributed by atoms with van der Waals surface area (Å²) in [6.07, 6.45) is 11.8. The van der Waals surface area contributed by atoms with Crippen LogP contribution in [-0.4, -0.2) is 12.6 Å². The van der Waals surface area contributed by atoms with Crippen molar-refractivity contribution in [2.24, 2.45) is 5.92 Å². The van der Waals surface area contributed by atoms with E-state index in [0.29, 0.717) is 18.9 Å². The number of hydrogen-bond acceptors (Lipinski definition) is 2. The largest absolute Gasteiger partial charge is 0.465 e. The first-order valence-corrected chi connectivity index (χ1v) is 7.08. The van der Waals surface area contributed by atoms with Crippen LogP contribution in [0.1, 0.15) is 58.3 Å². The topological polar surface area (TPSA) is 26.3 Å². The monoisotopic (exact) mass is 252 g/mol. The van der Waals surface area contributed by atoms with Gasteiger partial charge in [0, 0.05) is 6.42 Å². The first kappa shape index (κ1) is 16.9. The van der Waals surface area contributed by atoms with Crippen LogP contribution in [0.15, 0.2) is 25.3 Å². The lowest BCUT2D eigenvalue weighted by Gasteiger charge is -2.11. The lowest BCUT2D eigenvalue weighted by Crippen LogP contribution is -2.11. The van der Waals surface area contributed by atoms with E-state index in [9.17, 15) is 4.79 Å². The number of carbonyl (C=O) groups excluding carboxylic acids is 1.